The normalized spacial score (nSPS) is 17.6. The van der Waals surface area contributed by atoms with Crippen molar-refractivity contribution in [2.24, 2.45) is 0 Å². The number of rotatable bonds is 5. The summed E-state index contributed by atoms with van der Waals surface area (Å²) in [5, 5.41) is 3.32. The molecule has 0 amide bonds. The van der Waals surface area contributed by atoms with Gasteiger partial charge < -0.3 is 14.6 Å². The second kappa shape index (κ2) is 6.79. The maximum atomic E-state index is 12.3. The van der Waals surface area contributed by atoms with Crippen LogP contribution < -0.4 is 10.9 Å². The van der Waals surface area contributed by atoms with Crippen LogP contribution >= 0.6 is 0 Å². The third-order valence-corrected chi connectivity index (χ3v) is 4.08. The molecule has 116 valence electrons. The molecule has 4 nitrogen and oxygen atoms in total. The number of hydrogen-bond donors (Lipinski definition) is 1. The van der Waals surface area contributed by atoms with Gasteiger partial charge in [0.2, 0.25) is 0 Å². The van der Waals surface area contributed by atoms with Crippen molar-refractivity contribution in [2.75, 3.05) is 11.9 Å². The van der Waals surface area contributed by atoms with Gasteiger partial charge in [-0.3, -0.25) is 4.79 Å². The van der Waals surface area contributed by atoms with Crippen molar-refractivity contribution < 1.29 is 4.74 Å². The first kappa shape index (κ1) is 14.9. The molecule has 1 aliphatic heterocycles. The first-order chi connectivity index (χ1) is 10.7. The molecule has 0 aliphatic carbocycles. The van der Waals surface area contributed by atoms with E-state index in [1.807, 2.05) is 35.8 Å². The van der Waals surface area contributed by atoms with E-state index in [1.165, 1.54) is 5.56 Å². The van der Waals surface area contributed by atoms with Gasteiger partial charge in [-0.2, -0.15) is 0 Å². The van der Waals surface area contributed by atoms with Crippen LogP contribution in [0.15, 0.2) is 47.3 Å². The zero-order valence-electron chi connectivity index (χ0n) is 12.9. The Morgan fingerprint density at radius 2 is 2.09 bits per heavy atom. The third-order valence-electron chi connectivity index (χ3n) is 4.08. The summed E-state index contributed by atoms with van der Waals surface area (Å²) in [7, 11) is 0. The largest absolute Gasteiger partial charge is 0.381 e. The number of aromatic nitrogens is 1. The molecule has 2 heterocycles. The van der Waals surface area contributed by atoms with Crippen LogP contribution in [0, 0.1) is 6.92 Å². The Hall–Kier alpha value is -2.07. The molecule has 0 unspecified atom stereocenters. The Labute approximate surface area is 130 Å². The second-order valence-corrected chi connectivity index (χ2v) is 5.81. The molecule has 2 aromatic rings. The highest BCUT2D eigenvalue weighted by atomic mass is 16.5. The van der Waals surface area contributed by atoms with E-state index in [-0.39, 0.29) is 11.7 Å². The molecule has 1 N–H and O–H groups in total. The van der Waals surface area contributed by atoms with Crippen molar-refractivity contribution in [1.29, 1.82) is 0 Å². The number of anilines is 1. The van der Waals surface area contributed by atoms with Gasteiger partial charge in [0, 0.05) is 30.6 Å². The number of nitrogens with zero attached hydrogens (tertiary/aromatic N) is 1. The summed E-state index contributed by atoms with van der Waals surface area (Å²) in [6.07, 6.45) is 2.31. The zero-order valence-corrected chi connectivity index (χ0v) is 12.9. The molecule has 22 heavy (non-hydrogen) atoms. The first-order valence-electron chi connectivity index (χ1n) is 7.83. The molecule has 0 saturated carbocycles. The predicted octanol–water partition coefficient (Wildman–Crippen LogP) is 2.95. The average molecular weight is 298 g/mol. The minimum atomic E-state index is 0.0334. The monoisotopic (exact) mass is 298 g/mol. The molecule has 1 atom stereocenters. The third kappa shape index (κ3) is 3.57. The number of hydrogen-bond acceptors (Lipinski definition) is 3. The summed E-state index contributed by atoms with van der Waals surface area (Å²) >= 11 is 0. The molecule has 1 aliphatic rings. The fraction of sp³-hybridized carbons (Fsp3) is 0.389. The second-order valence-electron chi connectivity index (χ2n) is 5.81. The summed E-state index contributed by atoms with van der Waals surface area (Å²) < 4.78 is 7.44. The van der Waals surface area contributed by atoms with E-state index in [4.69, 9.17) is 4.74 Å². The minimum Gasteiger partial charge on any atom is -0.381 e. The van der Waals surface area contributed by atoms with Gasteiger partial charge in [0.15, 0.2) is 0 Å². The lowest BCUT2D eigenvalue weighted by molar-refractivity contribution is 0.0956. The summed E-state index contributed by atoms with van der Waals surface area (Å²) in [5.41, 5.74) is 3.07. The van der Waals surface area contributed by atoms with Crippen molar-refractivity contribution >= 4 is 5.69 Å². The van der Waals surface area contributed by atoms with Gasteiger partial charge in [0.25, 0.3) is 5.56 Å². The molecule has 4 heteroatoms. The Balaban J connectivity index is 1.70. The fourth-order valence-electron chi connectivity index (χ4n) is 2.86. The highest BCUT2D eigenvalue weighted by Crippen LogP contribution is 2.15. The number of aryl methyl sites for hydroxylation is 1. The zero-order chi connectivity index (χ0) is 15.4. The van der Waals surface area contributed by atoms with Crippen LogP contribution in [0.3, 0.4) is 0 Å². The van der Waals surface area contributed by atoms with E-state index in [0.29, 0.717) is 6.54 Å². The van der Waals surface area contributed by atoms with Crippen molar-refractivity contribution in [2.45, 2.75) is 39.0 Å². The van der Waals surface area contributed by atoms with Gasteiger partial charge in [0.1, 0.15) is 0 Å². The van der Waals surface area contributed by atoms with Crippen molar-refractivity contribution in [3.05, 3.63) is 64.1 Å². The lowest BCUT2D eigenvalue weighted by Gasteiger charge is -2.16. The van der Waals surface area contributed by atoms with Gasteiger partial charge >= 0.3 is 0 Å². The molecule has 0 spiro atoms. The van der Waals surface area contributed by atoms with Crippen LogP contribution in [0.4, 0.5) is 5.69 Å². The Kier molecular flexibility index (Phi) is 4.59. The van der Waals surface area contributed by atoms with Gasteiger partial charge in [-0.15, -0.1) is 0 Å². The molecule has 1 fully saturated rings. The van der Waals surface area contributed by atoms with Gasteiger partial charge in [-0.25, -0.2) is 0 Å². The van der Waals surface area contributed by atoms with E-state index < -0.39 is 0 Å². The Morgan fingerprint density at radius 1 is 1.27 bits per heavy atom. The van der Waals surface area contributed by atoms with Gasteiger partial charge in [0.05, 0.1) is 12.6 Å². The van der Waals surface area contributed by atoms with Crippen LogP contribution in [-0.4, -0.2) is 17.3 Å². The summed E-state index contributed by atoms with van der Waals surface area (Å²) in [6.45, 7) is 4.17. The van der Waals surface area contributed by atoms with Crippen molar-refractivity contribution in [1.82, 2.24) is 4.57 Å². The van der Waals surface area contributed by atoms with Gasteiger partial charge in [-0.1, -0.05) is 30.3 Å². The maximum absolute atomic E-state index is 12.3. The van der Waals surface area contributed by atoms with Crippen LogP contribution in [0.5, 0.6) is 0 Å². The van der Waals surface area contributed by atoms with Crippen molar-refractivity contribution in [3.63, 3.8) is 0 Å². The number of pyridine rings is 1. The minimum absolute atomic E-state index is 0.0334. The quantitative estimate of drug-likeness (QED) is 0.923. The number of ether oxygens (including phenoxy) is 1. The van der Waals surface area contributed by atoms with Crippen LogP contribution in [0.1, 0.15) is 24.1 Å². The van der Waals surface area contributed by atoms with Crippen LogP contribution in [-0.2, 0) is 17.8 Å². The molecule has 3 rings (SSSR count). The molecular formula is C18H22N2O2. The maximum Gasteiger partial charge on any atom is 0.252 e. The summed E-state index contributed by atoms with van der Waals surface area (Å²) in [4.78, 5) is 12.3. The predicted molar refractivity (Wildman–Crippen MR) is 88.2 cm³/mol. The van der Waals surface area contributed by atoms with E-state index in [1.54, 1.807) is 6.07 Å². The van der Waals surface area contributed by atoms with E-state index >= 15 is 0 Å². The van der Waals surface area contributed by atoms with Crippen LogP contribution in [0.25, 0.3) is 0 Å². The summed E-state index contributed by atoms with van der Waals surface area (Å²) in [6, 6.07) is 13.9. The van der Waals surface area contributed by atoms with Crippen molar-refractivity contribution in [3.8, 4) is 0 Å². The first-order valence-corrected chi connectivity index (χ1v) is 7.83. The fourth-order valence-corrected chi connectivity index (χ4v) is 2.86. The van der Waals surface area contributed by atoms with E-state index in [2.05, 4.69) is 17.4 Å². The summed E-state index contributed by atoms with van der Waals surface area (Å²) in [5.74, 6) is 0. The highest BCUT2D eigenvalue weighted by molar-refractivity contribution is 5.44. The highest BCUT2D eigenvalue weighted by Gasteiger charge is 2.17. The SMILES string of the molecule is Cc1cc(NCc2ccccc2)cc(=O)n1C[C@H]1CCCO1. The van der Waals surface area contributed by atoms with Gasteiger partial charge in [-0.05, 0) is 31.4 Å². The molecule has 1 saturated heterocycles. The smallest absolute Gasteiger partial charge is 0.252 e. The van der Waals surface area contributed by atoms with E-state index in [9.17, 15) is 4.79 Å². The Bertz CT molecular complexity index is 673. The topological polar surface area (TPSA) is 43.3 Å². The lowest BCUT2D eigenvalue weighted by atomic mass is 10.2. The van der Waals surface area contributed by atoms with E-state index in [0.717, 1.165) is 37.4 Å². The molecule has 0 bridgehead atoms. The average Bonchev–Trinajstić information content (AvgIpc) is 3.03. The Morgan fingerprint density at radius 3 is 2.77 bits per heavy atom. The number of nitrogens with one attached hydrogen (secondary N) is 1. The number of benzene rings is 1. The lowest BCUT2D eigenvalue weighted by Crippen LogP contribution is -2.28. The van der Waals surface area contributed by atoms with Crippen LogP contribution in [0.2, 0.25) is 0 Å². The standard InChI is InChI=1S/C18H22N2O2/c1-14-10-16(19-12-15-6-3-2-4-7-15)11-18(21)20(14)13-17-8-5-9-22-17/h2-4,6-7,10-11,17,19H,5,8-9,12-13H2,1H3/t17-/m1/s1. The molecular weight excluding hydrogens is 276 g/mol. The molecule has 1 aromatic carbocycles. The molecule has 1 aromatic heterocycles. The molecule has 0 radical (unpaired) electrons.